The summed E-state index contributed by atoms with van der Waals surface area (Å²) < 4.78 is 5.66. The van der Waals surface area contributed by atoms with Crippen molar-refractivity contribution in [2.24, 2.45) is 0 Å². The summed E-state index contributed by atoms with van der Waals surface area (Å²) in [5, 5.41) is 10.5. The molecule has 1 aliphatic heterocycles. The van der Waals surface area contributed by atoms with Crippen molar-refractivity contribution in [1.29, 1.82) is 0 Å². The average molecular weight is 241 g/mol. The van der Waals surface area contributed by atoms with Gasteiger partial charge in [-0.1, -0.05) is 19.3 Å². The summed E-state index contributed by atoms with van der Waals surface area (Å²) in [6, 6.07) is 0. The molecule has 2 fully saturated rings. The number of β-amino-alcohol motifs (C(OH)–C–C–N with tert-alkyl or cyclic N) is 1. The highest BCUT2D eigenvalue weighted by molar-refractivity contribution is 4.87. The normalized spacial score (nSPS) is 27.2. The highest BCUT2D eigenvalue weighted by atomic mass is 16.5. The molecule has 1 saturated carbocycles. The first-order valence-corrected chi connectivity index (χ1v) is 7.28. The fourth-order valence-corrected chi connectivity index (χ4v) is 3.25. The van der Waals surface area contributed by atoms with E-state index in [4.69, 9.17) is 4.74 Å². The van der Waals surface area contributed by atoms with Gasteiger partial charge in [0.15, 0.2) is 0 Å². The molecule has 100 valence electrons. The van der Waals surface area contributed by atoms with Crippen molar-refractivity contribution < 1.29 is 9.84 Å². The maximum atomic E-state index is 10.5. The Hall–Kier alpha value is -0.120. The minimum absolute atomic E-state index is 0.392. The molecule has 0 bridgehead atoms. The first kappa shape index (κ1) is 13.3. The number of aliphatic hydroxyl groups is 1. The maximum Gasteiger partial charge on any atom is 0.0774 e. The van der Waals surface area contributed by atoms with Crippen LogP contribution in [0.25, 0.3) is 0 Å². The second kappa shape index (κ2) is 6.17. The predicted octanol–water partition coefficient (Wildman–Crippen LogP) is 2.18. The molecule has 3 nitrogen and oxygen atoms in total. The molecule has 1 N–H and O–H groups in total. The first-order valence-electron chi connectivity index (χ1n) is 7.28. The van der Waals surface area contributed by atoms with Gasteiger partial charge < -0.3 is 14.7 Å². The van der Waals surface area contributed by atoms with Gasteiger partial charge in [0.05, 0.1) is 11.7 Å². The number of likely N-dealkylation sites (tertiary alicyclic amines) is 1. The van der Waals surface area contributed by atoms with Crippen LogP contribution in [0.1, 0.15) is 51.9 Å². The lowest BCUT2D eigenvalue weighted by Crippen LogP contribution is -2.48. The second-order valence-electron chi connectivity index (χ2n) is 5.72. The van der Waals surface area contributed by atoms with Crippen molar-refractivity contribution in [1.82, 2.24) is 4.90 Å². The molecule has 2 aliphatic rings. The largest absolute Gasteiger partial charge is 0.389 e. The van der Waals surface area contributed by atoms with Crippen LogP contribution in [0.5, 0.6) is 0 Å². The number of piperidine rings is 1. The summed E-state index contributed by atoms with van der Waals surface area (Å²) in [7, 11) is 0. The molecule has 0 aromatic carbocycles. The van der Waals surface area contributed by atoms with Gasteiger partial charge in [-0.3, -0.25) is 0 Å². The van der Waals surface area contributed by atoms with Gasteiger partial charge in [-0.05, 0) is 32.6 Å². The van der Waals surface area contributed by atoms with E-state index in [0.717, 1.165) is 51.9 Å². The molecule has 1 heterocycles. The molecule has 17 heavy (non-hydrogen) atoms. The maximum absolute atomic E-state index is 10.5. The predicted molar refractivity (Wildman–Crippen MR) is 69.1 cm³/mol. The van der Waals surface area contributed by atoms with E-state index in [2.05, 4.69) is 11.8 Å². The van der Waals surface area contributed by atoms with Gasteiger partial charge in [0, 0.05) is 26.2 Å². The molecule has 0 spiro atoms. The van der Waals surface area contributed by atoms with E-state index in [-0.39, 0.29) is 0 Å². The van der Waals surface area contributed by atoms with E-state index in [9.17, 15) is 5.11 Å². The lowest BCUT2D eigenvalue weighted by Gasteiger charge is -2.39. The molecule has 1 saturated heterocycles. The topological polar surface area (TPSA) is 32.7 Å². The summed E-state index contributed by atoms with van der Waals surface area (Å²) in [6.45, 7) is 5.96. The van der Waals surface area contributed by atoms with Crippen LogP contribution in [-0.4, -0.2) is 48.0 Å². The molecule has 3 heteroatoms. The third-order valence-corrected chi connectivity index (χ3v) is 4.24. The van der Waals surface area contributed by atoms with Gasteiger partial charge in [0.1, 0.15) is 0 Å². The Balaban J connectivity index is 1.73. The zero-order valence-corrected chi connectivity index (χ0v) is 11.2. The van der Waals surface area contributed by atoms with Crippen LogP contribution < -0.4 is 0 Å². The lowest BCUT2D eigenvalue weighted by molar-refractivity contribution is -0.0469. The quantitative estimate of drug-likeness (QED) is 0.819. The zero-order valence-electron chi connectivity index (χ0n) is 11.2. The van der Waals surface area contributed by atoms with Crippen LogP contribution in [0.15, 0.2) is 0 Å². The van der Waals surface area contributed by atoms with Crippen molar-refractivity contribution in [3.8, 4) is 0 Å². The van der Waals surface area contributed by atoms with Crippen molar-refractivity contribution in [2.45, 2.75) is 63.6 Å². The van der Waals surface area contributed by atoms with Crippen LogP contribution in [0, 0.1) is 0 Å². The van der Waals surface area contributed by atoms with Crippen LogP contribution in [-0.2, 0) is 4.74 Å². The van der Waals surface area contributed by atoms with E-state index in [1.807, 2.05) is 0 Å². The van der Waals surface area contributed by atoms with Gasteiger partial charge in [-0.2, -0.15) is 0 Å². The molecule has 0 radical (unpaired) electrons. The van der Waals surface area contributed by atoms with Crippen molar-refractivity contribution >= 4 is 0 Å². The Morgan fingerprint density at radius 1 is 1.18 bits per heavy atom. The molecule has 1 aliphatic carbocycles. The van der Waals surface area contributed by atoms with Crippen LogP contribution in [0.4, 0.5) is 0 Å². The van der Waals surface area contributed by atoms with E-state index in [1.165, 1.54) is 19.3 Å². The van der Waals surface area contributed by atoms with E-state index >= 15 is 0 Å². The minimum atomic E-state index is -0.392. The monoisotopic (exact) mass is 241 g/mol. The fourth-order valence-electron chi connectivity index (χ4n) is 3.25. The van der Waals surface area contributed by atoms with E-state index < -0.39 is 5.60 Å². The van der Waals surface area contributed by atoms with Crippen LogP contribution >= 0.6 is 0 Å². The Morgan fingerprint density at radius 3 is 2.41 bits per heavy atom. The van der Waals surface area contributed by atoms with E-state index in [1.54, 1.807) is 0 Å². The Morgan fingerprint density at radius 2 is 1.82 bits per heavy atom. The van der Waals surface area contributed by atoms with Gasteiger partial charge in [-0.25, -0.2) is 0 Å². The van der Waals surface area contributed by atoms with E-state index in [0.29, 0.717) is 6.10 Å². The zero-order chi connectivity index (χ0) is 12.1. The van der Waals surface area contributed by atoms with Gasteiger partial charge in [0.25, 0.3) is 0 Å². The highest BCUT2D eigenvalue weighted by Crippen LogP contribution is 2.29. The molecule has 0 atom stereocenters. The Bertz CT molecular complexity index is 218. The van der Waals surface area contributed by atoms with Crippen LogP contribution in [0.2, 0.25) is 0 Å². The third kappa shape index (κ3) is 3.94. The summed E-state index contributed by atoms with van der Waals surface area (Å²) in [4.78, 5) is 2.43. The van der Waals surface area contributed by atoms with Crippen molar-refractivity contribution in [2.75, 3.05) is 26.2 Å². The van der Waals surface area contributed by atoms with Crippen molar-refractivity contribution in [3.63, 3.8) is 0 Å². The number of nitrogens with zero attached hydrogens (tertiary/aromatic N) is 1. The summed E-state index contributed by atoms with van der Waals surface area (Å²) in [5.74, 6) is 0. The Kier molecular flexibility index (Phi) is 4.83. The van der Waals surface area contributed by atoms with Gasteiger partial charge in [-0.15, -0.1) is 0 Å². The fraction of sp³-hybridized carbons (Fsp3) is 1.00. The smallest absolute Gasteiger partial charge is 0.0774 e. The summed E-state index contributed by atoms with van der Waals surface area (Å²) in [5.41, 5.74) is -0.392. The summed E-state index contributed by atoms with van der Waals surface area (Å²) in [6.07, 6.45) is 8.41. The van der Waals surface area contributed by atoms with Gasteiger partial charge >= 0.3 is 0 Å². The number of ether oxygens (including phenoxy) is 1. The lowest BCUT2D eigenvalue weighted by atomic mass is 9.84. The first-order chi connectivity index (χ1) is 8.22. The second-order valence-corrected chi connectivity index (χ2v) is 5.72. The SMILES string of the molecule is CCOC1CCN(CC2(O)CCCCC2)CC1. The third-order valence-electron chi connectivity index (χ3n) is 4.24. The number of hydrogen-bond donors (Lipinski definition) is 1. The molecule has 0 unspecified atom stereocenters. The Labute approximate surface area is 105 Å². The number of hydrogen-bond acceptors (Lipinski definition) is 3. The minimum Gasteiger partial charge on any atom is -0.389 e. The van der Waals surface area contributed by atoms with Gasteiger partial charge in [0.2, 0.25) is 0 Å². The molecule has 0 amide bonds. The molecular weight excluding hydrogens is 214 g/mol. The standard InChI is InChI=1S/C14H27NO2/c1-2-17-13-6-10-15(11-7-13)12-14(16)8-4-3-5-9-14/h13,16H,2-12H2,1H3. The number of rotatable bonds is 4. The molecule has 0 aromatic heterocycles. The average Bonchev–Trinajstić information content (AvgIpc) is 2.33. The molecular formula is C14H27NO2. The highest BCUT2D eigenvalue weighted by Gasteiger charge is 2.32. The van der Waals surface area contributed by atoms with Crippen molar-refractivity contribution in [3.05, 3.63) is 0 Å². The molecule has 0 aromatic rings. The summed E-state index contributed by atoms with van der Waals surface area (Å²) >= 11 is 0. The molecule has 2 rings (SSSR count). The van der Waals surface area contributed by atoms with Crippen LogP contribution in [0.3, 0.4) is 0 Å².